The largest absolute Gasteiger partial charge is 0.369 e. The summed E-state index contributed by atoms with van der Waals surface area (Å²) in [5.41, 5.74) is 1.10. The molecule has 0 N–H and O–H groups in total. The van der Waals surface area contributed by atoms with Gasteiger partial charge < -0.3 is 9.80 Å². The monoisotopic (exact) mass is 401 g/mol. The van der Waals surface area contributed by atoms with Crippen LogP contribution in [0.25, 0.3) is 0 Å². The van der Waals surface area contributed by atoms with Crippen LogP contribution in [0.1, 0.15) is 46.5 Å². The molecule has 5 heteroatoms. The quantitative estimate of drug-likeness (QED) is 0.674. The van der Waals surface area contributed by atoms with Crippen molar-refractivity contribution in [3.8, 4) is 0 Å². The predicted octanol–water partition coefficient (Wildman–Crippen LogP) is 4.01. The first-order valence-electron chi connectivity index (χ1n) is 11.3. The molecule has 0 radical (unpaired) electrons. The molecule has 0 spiro atoms. The summed E-state index contributed by atoms with van der Waals surface area (Å²) in [5.74, 6) is 0.874. The van der Waals surface area contributed by atoms with Crippen LogP contribution in [0, 0.1) is 22.6 Å². The molecule has 1 unspecified atom stereocenters. The van der Waals surface area contributed by atoms with E-state index in [1.54, 1.807) is 0 Å². The molecule has 1 aromatic carbocycles. The highest BCUT2D eigenvalue weighted by molar-refractivity contribution is 5.85. The molecule has 1 saturated carbocycles. The second-order valence-corrected chi connectivity index (χ2v) is 10.1. The number of carbonyl (C=O) groups is 1. The topological polar surface area (TPSA) is 26.8 Å². The fraction of sp³-hybridized carbons (Fsp3) is 0.708. The maximum atomic E-state index is 13.1. The lowest BCUT2D eigenvalue weighted by atomic mass is 9.62. The van der Waals surface area contributed by atoms with Gasteiger partial charge in [0.05, 0.1) is 5.41 Å². The molecule has 2 atom stereocenters. The molecular weight excluding hydrogens is 365 g/mol. The molecule has 160 valence electrons. The van der Waals surface area contributed by atoms with E-state index in [4.69, 9.17) is 0 Å². The van der Waals surface area contributed by atoms with Crippen LogP contribution in [0.2, 0.25) is 0 Å². The lowest BCUT2D eigenvalue weighted by Gasteiger charge is -2.49. The van der Waals surface area contributed by atoms with Crippen molar-refractivity contribution < 1.29 is 9.18 Å². The van der Waals surface area contributed by atoms with Gasteiger partial charge in [-0.15, -0.1) is 0 Å². The number of fused-ring (bicyclic) bond motifs is 2. The summed E-state index contributed by atoms with van der Waals surface area (Å²) in [7, 11) is 0. The minimum atomic E-state index is -0.176. The smallest absolute Gasteiger partial charge is 0.229 e. The van der Waals surface area contributed by atoms with Crippen LogP contribution in [0.4, 0.5) is 10.1 Å². The Balaban J connectivity index is 1.18. The first kappa shape index (κ1) is 20.6. The molecule has 2 bridgehead atoms. The number of carbonyl (C=O) groups excluding carboxylic acids is 1. The number of halogens is 1. The Morgan fingerprint density at radius 1 is 1.00 bits per heavy atom. The summed E-state index contributed by atoms with van der Waals surface area (Å²) in [4.78, 5) is 20.1. The van der Waals surface area contributed by atoms with Gasteiger partial charge in [-0.2, -0.15) is 0 Å². The van der Waals surface area contributed by atoms with E-state index < -0.39 is 0 Å². The highest BCUT2D eigenvalue weighted by Crippen LogP contribution is 2.59. The fourth-order valence-electron chi connectivity index (χ4n) is 5.71. The summed E-state index contributed by atoms with van der Waals surface area (Å²) in [5, 5.41) is 0. The number of hydrogen-bond acceptors (Lipinski definition) is 3. The van der Waals surface area contributed by atoms with E-state index >= 15 is 0 Å². The van der Waals surface area contributed by atoms with Crippen LogP contribution in [0.3, 0.4) is 0 Å². The normalized spacial score (nSPS) is 29.5. The van der Waals surface area contributed by atoms with Crippen molar-refractivity contribution in [1.82, 2.24) is 9.80 Å². The Labute approximate surface area is 175 Å². The van der Waals surface area contributed by atoms with Gasteiger partial charge in [0.2, 0.25) is 5.91 Å². The van der Waals surface area contributed by atoms with Gasteiger partial charge in [0.25, 0.3) is 0 Å². The minimum absolute atomic E-state index is 0.144. The summed E-state index contributed by atoms with van der Waals surface area (Å²) >= 11 is 0. The first-order valence-corrected chi connectivity index (χ1v) is 11.3. The third-order valence-corrected chi connectivity index (χ3v) is 8.35. The number of benzene rings is 1. The number of likely N-dealkylation sites (tertiary alicyclic amines) is 1. The number of rotatable bonds is 6. The standard InChI is InChI=1S/C24H36FN3O/c1-23(2)19-10-11-24(23,3)22(29)28(18-19)13-5-4-12-26-14-16-27(17-15-26)21-8-6-20(25)7-9-21/h6-9,19H,4-5,10-18H2,1-3H3/t19?,24-/m0/s1. The molecule has 0 aromatic heterocycles. The maximum absolute atomic E-state index is 13.1. The third kappa shape index (κ3) is 3.78. The van der Waals surface area contributed by atoms with Crippen LogP contribution >= 0.6 is 0 Å². The van der Waals surface area contributed by atoms with Crippen LogP contribution in [0.15, 0.2) is 24.3 Å². The number of amides is 1. The molecule has 1 aliphatic carbocycles. The van der Waals surface area contributed by atoms with E-state index in [2.05, 4.69) is 35.5 Å². The van der Waals surface area contributed by atoms with E-state index in [1.807, 2.05) is 12.1 Å². The van der Waals surface area contributed by atoms with Crippen molar-refractivity contribution in [1.29, 1.82) is 0 Å². The molecule has 2 saturated heterocycles. The molecular formula is C24H36FN3O. The van der Waals surface area contributed by atoms with Gasteiger partial charge in [-0.1, -0.05) is 20.8 Å². The number of anilines is 1. The Kier molecular flexibility index (Phi) is 5.62. The number of nitrogens with zero attached hydrogens (tertiary/aromatic N) is 3. The molecule has 1 aromatic rings. The average molecular weight is 402 g/mol. The summed E-state index contributed by atoms with van der Waals surface area (Å²) in [6.07, 6.45) is 4.49. The molecule has 4 nitrogen and oxygen atoms in total. The van der Waals surface area contributed by atoms with Gasteiger partial charge in [0.1, 0.15) is 5.82 Å². The Morgan fingerprint density at radius 3 is 2.34 bits per heavy atom. The van der Waals surface area contributed by atoms with Crippen molar-refractivity contribution in [2.75, 3.05) is 50.7 Å². The van der Waals surface area contributed by atoms with Crippen LogP contribution in [-0.4, -0.2) is 61.5 Å². The molecule has 3 aliphatic rings. The predicted molar refractivity (Wildman–Crippen MR) is 115 cm³/mol. The zero-order valence-corrected chi connectivity index (χ0v) is 18.3. The molecule has 3 fully saturated rings. The zero-order chi connectivity index (χ0) is 20.6. The van der Waals surface area contributed by atoms with E-state index in [1.165, 1.54) is 18.6 Å². The van der Waals surface area contributed by atoms with Gasteiger partial charge >= 0.3 is 0 Å². The Morgan fingerprint density at radius 2 is 1.66 bits per heavy atom. The number of hydrogen-bond donors (Lipinski definition) is 0. The maximum Gasteiger partial charge on any atom is 0.229 e. The highest BCUT2D eigenvalue weighted by Gasteiger charge is 2.60. The summed E-state index contributed by atoms with van der Waals surface area (Å²) in [6.45, 7) is 13.8. The average Bonchev–Trinajstić information content (AvgIpc) is 2.85. The zero-order valence-electron chi connectivity index (χ0n) is 18.3. The second-order valence-electron chi connectivity index (χ2n) is 10.1. The summed E-state index contributed by atoms with van der Waals surface area (Å²) in [6, 6.07) is 6.82. The van der Waals surface area contributed by atoms with Crippen LogP contribution < -0.4 is 4.90 Å². The van der Waals surface area contributed by atoms with Crippen molar-refractivity contribution in [3.63, 3.8) is 0 Å². The first-order chi connectivity index (χ1) is 13.8. The third-order valence-electron chi connectivity index (χ3n) is 8.35. The van der Waals surface area contributed by atoms with Crippen molar-refractivity contribution >= 4 is 11.6 Å². The van der Waals surface area contributed by atoms with Crippen LogP contribution in [0.5, 0.6) is 0 Å². The SMILES string of the molecule is CC1(C)C2CC[C@@]1(C)C(=O)N(CCCCN1CCN(c3ccc(F)cc3)CC1)C2. The Hall–Kier alpha value is -1.62. The van der Waals surface area contributed by atoms with Gasteiger partial charge in [-0.05, 0) is 67.8 Å². The minimum Gasteiger partial charge on any atom is -0.369 e. The molecule has 29 heavy (non-hydrogen) atoms. The highest BCUT2D eigenvalue weighted by atomic mass is 19.1. The lowest BCUT2D eigenvalue weighted by molar-refractivity contribution is -0.155. The van der Waals surface area contributed by atoms with Crippen molar-refractivity contribution in [2.45, 2.75) is 46.5 Å². The van der Waals surface area contributed by atoms with Crippen LogP contribution in [-0.2, 0) is 4.79 Å². The van der Waals surface area contributed by atoms with Gasteiger partial charge in [0, 0.05) is 45.0 Å². The van der Waals surface area contributed by atoms with Gasteiger partial charge in [-0.25, -0.2) is 4.39 Å². The molecule has 1 amide bonds. The van der Waals surface area contributed by atoms with Gasteiger partial charge in [0.15, 0.2) is 0 Å². The molecule has 2 aliphatic heterocycles. The fourth-order valence-corrected chi connectivity index (χ4v) is 5.71. The van der Waals surface area contributed by atoms with Gasteiger partial charge in [-0.3, -0.25) is 9.69 Å². The molecule has 2 heterocycles. The van der Waals surface area contributed by atoms with Crippen molar-refractivity contribution in [2.24, 2.45) is 16.7 Å². The van der Waals surface area contributed by atoms with Crippen molar-refractivity contribution in [3.05, 3.63) is 30.1 Å². The summed E-state index contributed by atoms with van der Waals surface area (Å²) < 4.78 is 13.1. The lowest BCUT2D eigenvalue weighted by Crippen LogP contribution is -2.56. The Bertz CT molecular complexity index is 726. The number of piperazine rings is 1. The van der Waals surface area contributed by atoms with E-state index in [-0.39, 0.29) is 16.6 Å². The van der Waals surface area contributed by atoms with E-state index in [0.717, 1.165) is 70.8 Å². The number of piperidine rings is 1. The second kappa shape index (κ2) is 7.90. The van der Waals surface area contributed by atoms with E-state index in [9.17, 15) is 9.18 Å². The number of unbranched alkanes of at least 4 members (excludes halogenated alkanes) is 1. The van der Waals surface area contributed by atoms with E-state index in [0.29, 0.717) is 11.8 Å². The molecule has 4 rings (SSSR count).